The van der Waals surface area contributed by atoms with Crippen LogP contribution in [0.5, 0.6) is 0 Å². The van der Waals surface area contributed by atoms with Crippen LogP contribution in [0, 0.1) is 17.8 Å². The zero-order valence-corrected chi connectivity index (χ0v) is 56.9. The largest absolute Gasteiger partial charge is 0.472 e. The van der Waals surface area contributed by atoms with Crippen molar-refractivity contribution in [1.82, 2.24) is 0 Å². The molecule has 0 heterocycles. The number of esters is 4. The van der Waals surface area contributed by atoms with Crippen molar-refractivity contribution in [2.45, 2.75) is 343 Å². The van der Waals surface area contributed by atoms with Crippen LogP contribution < -0.4 is 0 Å². The molecule has 0 radical (unpaired) electrons. The van der Waals surface area contributed by atoms with E-state index in [0.717, 1.165) is 109 Å². The van der Waals surface area contributed by atoms with Crippen LogP contribution >= 0.6 is 15.6 Å². The minimum atomic E-state index is -4.95. The molecule has 0 aromatic carbocycles. The fourth-order valence-corrected chi connectivity index (χ4v) is 11.4. The van der Waals surface area contributed by atoms with Crippen molar-refractivity contribution in [2.24, 2.45) is 17.8 Å². The standard InChI is InChI=1S/C66H128O17P2/c1-8-9-10-30-40-47-63(68)76-53-61(83-66(71)50-43-36-29-28-33-39-46-59(6)7)55-80-84(72,73)78-51-60(67)52-79-85(74,75)81-56-62(54-77-64(69)48-41-34-27-23-25-32-38-45-58(4)5)82-65(70)49-42-35-26-22-20-18-16-14-12-11-13-15-17-19-21-24-31-37-44-57(2)3/h57-62,67H,8-56H2,1-7H3,(H,72,73)(H,74,75)/t60-,61+,62+/m0/s1. The van der Waals surface area contributed by atoms with Crippen LogP contribution in [0.15, 0.2) is 0 Å². The van der Waals surface area contributed by atoms with Crippen LogP contribution in [0.1, 0.15) is 325 Å². The first-order valence-electron chi connectivity index (χ1n) is 34.3. The van der Waals surface area contributed by atoms with Crippen molar-refractivity contribution in [2.75, 3.05) is 39.6 Å². The fraction of sp³-hybridized carbons (Fsp3) is 0.939. The summed E-state index contributed by atoms with van der Waals surface area (Å²) in [6, 6.07) is 0. The minimum Gasteiger partial charge on any atom is -0.462 e. The predicted octanol–water partition coefficient (Wildman–Crippen LogP) is 18.3. The molecule has 0 saturated heterocycles. The molecule has 0 rings (SSSR count). The summed E-state index contributed by atoms with van der Waals surface area (Å²) >= 11 is 0. The minimum absolute atomic E-state index is 0.101. The number of carbonyl (C=O) groups excluding carboxylic acids is 4. The van der Waals surface area contributed by atoms with E-state index >= 15 is 0 Å². The lowest BCUT2D eigenvalue weighted by Crippen LogP contribution is -2.30. The average Bonchev–Trinajstić information content (AvgIpc) is 3.46. The van der Waals surface area contributed by atoms with Crippen LogP contribution in [0.4, 0.5) is 0 Å². The molecule has 0 saturated carbocycles. The third-order valence-electron chi connectivity index (χ3n) is 15.1. The van der Waals surface area contributed by atoms with E-state index in [4.69, 9.17) is 37.0 Å². The molecule has 0 aliphatic heterocycles. The summed E-state index contributed by atoms with van der Waals surface area (Å²) in [6.45, 7) is 11.6. The molecule has 2 unspecified atom stereocenters. The predicted molar refractivity (Wildman–Crippen MR) is 340 cm³/mol. The Bertz CT molecular complexity index is 1680. The molecule has 19 heteroatoms. The third-order valence-corrected chi connectivity index (χ3v) is 17.0. The molecule has 0 fully saturated rings. The van der Waals surface area contributed by atoms with Crippen molar-refractivity contribution in [3.63, 3.8) is 0 Å². The normalized spacial score (nSPS) is 14.3. The van der Waals surface area contributed by atoms with Crippen LogP contribution in [0.2, 0.25) is 0 Å². The highest BCUT2D eigenvalue weighted by atomic mass is 31.2. The lowest BCUT2D eigenvalue weighted by atomic mass is 10.0. The summed E-state index contributed by atoms with van der Waals surface area (Å²) < 4.78 is 67.8. The van der Waals surface area contributed by atoms with Gasteiger partial charge in [-0.05, 0) is 43.4 Å². The van der Waals surface area contributed by atoms with Gasteiger partial charge >= 0.3 is 39.5 Å². The summed E-state index contributed by atoms with van der Waals surface area (Å²) in [5, 5.41) is 10.5. The smallest absolute Gasteiger partial charge is 0.462 e. The monoisotopic (exact) mass is 1250 g/mol. The van der Waals surface area contributed by atoms with Crippen LogP contribution in [-0.2, 0) is 65.4 Å². The number of ether oxygens (including phenoxy) is 4. The van der Waals surface area contributed by atoms with Gasteiger partial charge < -0.3 is 33.8 Å². The molecule has 17 nitrogen and oxygen atoms in total. The van der Waals surface area contributed by atoms with E-state index in [-0.39, 0.29) is 25.7 Å². The lowest BCUT2D eigenvalue weighted by Gasteiger charge is -2.21. The van der Waals surface area contributed by atoms with E-state index in [1.165, 1.54) is 122 Å². The van der Waals surface area contributed by atoms with E-state index in [1.54, 1.807) is 0 Å². The Kier molecular flexibility index (Phi) is 55.9. The lowest BCUT2D eigenvalue weighted by molar-refractivity contribution is -0.161. The Labute approximate surface area is 517 Å². The van der Waals surface area contributed by atoms with Gasteiger partial charge in [0.05, 0.1) is 26.4 Å². The van der Waals surface area contributed by atoms with E-state index in [9.17, 15) is 43.2 Å². The summed E-state index contributed by atoms with van der Waals surface area (Å²) in [7, 11) is -9.88. The number of aliphatic hydroxyl groups excluding tert-OH is 1. The highest BCUT2D eigenvalue weighted by Gasteiger charge is 2.30. The highest BCUT2D eigenvalue weighted by molar-refractivity contribution is 7.47. The van der Waals surface area contributed by atoms with Crippen LogP contribution in [-0.4, -0.2) is 96.7 Å². The maximum atomic E-state index is 13.0. The van der Waals surface area contributed by atoms with Gasteiger partial charge in [-0.25, -0.2) is 9.13 Å². The molecular weight excluding hydrogens is 1130 g/mol. The summed E-state index contributed by atoms with van der Waals surface area (Å²) in [5.74, 6) is 0.0454. The number of rotatable bonds is 64. The topological polar surface area (TPSA) is 237 Å². The Morgan fingerprint density at radius 1 is 0.318 bits per heavy atom. The summed E-state index contributed by atoms with van der Waals surface area (Å²) in [6.07, 6.45) is 39.8. The number of aliphatic hydroxyl groups is 1. The summed E-state index contributed by atoms with van der Waals surface area (Å²) in [4.78, 5) is 71.9. The molecule has 0 aromatic heterocycles. The van der Waals surface area contributed by atoms with Gasteiger partial charge in [-0.3, -0.25) is 37.3 Å². The van der Waals surface area contributed by atoms with Crippen molar-refractivity contribution in [3.05, 3.63) is 0 Å². The molecule has 504 valence electrons. The van der Waals surface area contributed by atoms with Gasteiger partial charge in [0.2, 0.25) is 0 Å². The zero-order valence-electron chi connectivity index (χ0n) is 55.1. The average molecular weight is 1260 g/mol. The van der Waals surface area contributed by atoms with Gasteiger partial charge in [-0.15, -0.1) is 0 Å². The number of hydrogen-bond acceptors (Lipinski definition) is 15. The van der Waals surface area contributed by atoms with E-state index in [0.29, 0.717) is 37.5 Å². The Hall–Kier alpha value is -1.94. The van der Waals surface area contributed by atoms with Gasteiger partial charge in [0.15, 0.2) is 12.2 Å². The van der Waals surface area contributed by atoms with Gasteiger partial charge in [-0.2, -0.15) is 0 Å². The Balaban J connectivity index is 5.07. The van der Waals surface area contributed by atoms with Gasteiger partial charge in [-0.1, -0.05) is 273 Å². The maximum Gasteiger partial charge on any atom is 0.472 e. The van der Waals surface area contributed by atoms with Crippen LogP contribution in [0.25, 0.3) is 0 Å². The first-order valence-corrected chi connectivity index (χ1v) is 37.3. The Morgan fingerprint density at radius 2 is 0.541 bits per heavy atom. The molecule has 0 aliphatic rings. The molecule has 5 atom stereocenters. The van der Waals surface area contributed by atoms with Gasteiger partial charge in [0.25, 0.3) is 0 Å². The molecule has 0 spiro atoms. The summed E-state index contributed by atoms with van der Waals surface area (Å²) in [5.41, 5.74) is 0. The number of phosphoric ester groups is 2. The number of hydrogen-bond donors (Lipinski definition) is 3. The first kappa shape index (κ1) is 83.1. The number of phosphoric acid groups is 2. The SMILES string of the molecule is CCCCCCCC(=O)OC[C@H](COP(=O)(O)OC[C@H](O)COP(=O)(O)OC[C@@H](COC(=O)CCCCCCCCCC(C)C)OC(=O)CCCCCCCCCCCCCCCCCCCCC(C)C)OC(=O)CCCCCCCCC(C)C. The number of unbranched alkanes of at least 4 members (excludes halogenated alkanes) is 32. The Morgan fingerprint density at radius 3 is 0.800 bits per heavy atom. The second-order valence-electron chi connectivity index (χ2n) is 25.3. The first-order chi connectivity index (χ1) is 40.7. The molecule has 3 N–H and O–H groups in total. The highest BCUT2D eigenvalue weighted by Crippen LogP contribution is 2.45. The van der Waals surface area contributed by atoms with Crippen molar-refractivity contribution in [1.29, 1.82) is 0 Å². The molecular formula is C66H128O17P2. The van der Waals surface area contributed by atoms with E-state index < -0.39 is 97.5 Å². The van der Waals surface area contributed by atoms with E-state index in [2.05, 4.69) is 48.5 Å². The molecule has 0 aromatic rings. The zero-order chi connectivity index (χ0) is 63.1. The second kappa shape index (κ2) is 57.2. The number of carbonyl (C=O) groups is 4. The molecule has 0 bridgehead atoms. The van der Waals surface area contributed by atoms with Crippen molar-refractivity contribution < 1.29 is 80.2 Å². The van der Waals surface area contributed by atoms with Crippen molar-refractivity contribution >= 4 is 39.5 Å². The third kappa shape index (κ3) is 60.7. The molecule has 85 heavy (non-hydrogen) atoms. The quantitative estimate of drug-likeness (QED) is 0.0222. The van der Waals surface area contributed by atoms with Crippen LogP contribution in [0.3, 0.4) is 0 Å². The second-order valence-corrected chi connectivity index (χ2v) is 28.2. The fourth-order valence-electron chi connectivity index (χ4n) is 9.83. The van der Waals surface area contributed by atoms with E-state index in [1.807, 2.05) is 0 Å². The maximum absolute atomic E-state index is 13.0. The molecule has 0 aliphatic carbocycles. The van der Waals surface area contributed by atoms with Crippen molar-refractivity contribution in [3.8, 4) is 0 Å². The van der Waals surface area contributed by atoms with Gasteiger partial charge in [0, 0.05) is 25.7 Å². The molecule has 0 amide bonds. The van der Waals surface area contributed by atoms with Gasteiger partial charge in [0.1, 0.15) is 19.3 Å².